The molecule has 0 radical (unpaired) electrons. The maximum Gasteiger partial charge on any atom is 0.416 e. The lowest BCUT2D eigenvalue weighted by molar-refractivity contribution is -0.175. The van der Waals surface area contributed by atoms with E-state index in [1.54, 1.807) is 6.07 Å². The summed E-state index contributed by atoms with van der Waals surface area (Å²) in [6.07, 6.45) is 0.395. The second-order valence-electron chi connectivity index (χ2n) is 9.27. The van der Waals surface area contributed by atoms with Crippen LogP contribution in [-0.2, 0) is 34.9 Å². The molecule has 3 aromatic rings. The van der Waals surface area contributed by atoms with Crippen LogP contribution < -0.4 is 10.5 Å². The molecule has 0 amide bonds. The van der Waals surface area contributed by atoms with E-state index in [9.17, 15) is 13.2 Å². The van der Waals surface area contributed by atoms with Crippen molar-refractivity contribution < 1.29 is 27.4 Å². The summed E-state index contributed by atoms with van der Waals surface area (Å²) in [6.45, 7) is 4.66. The number of H-pyrrole nitrogens is 1. The maximum atomic E-state index is 12.9. The summed E-state index contributed by atoms with van der Waals surface area (Å²) in [5.41, 5.74) is 8.58. The molecule has 0 spiro atoms. The number of halogens is 3. The minimum Gasteiger partial charge on any atom is -0.491 e. The highest BCUT2D eigenvalue weighted by atomic mass is 19.4. The van der Waals surface area contributed by atoms with Gasteiger partial charge in [0.25, 0.3) is 0 Å². The summed E-state index contributed by atoms with van der Waals surface area (Å²) >= 11 is 0. The number of nitrogens with two attached hydrogens (primary N) is 1. The minimum absolute atomic E-state index is 0.298. The molecule has 1 saturated heterocycles. The van der Waals surface area contributed by atoms with Crippen LogP contribution in [0.25, 0.3) is 0 Å². The van der Waals surface area contributed by atoms with Gasteiger partial charge in [0.05, 0.1) is 18.6 Å². The number of hydrogen-bond acceptors (Lipinski definition) is 5. The maximum absolute atomic E-state index is 12.9. The third-order valence-corrected chi connectivity index (χ3v) is 6.25. The van der Waals surface area contributed by atoms with Gasteiger partial charge in [-0.25, -0.2) is 4.98 Å². The van der Waals surface area contributed by atoms with Crippen LogP contribution in [-0.4, -0.2) is 35.1 Å². The number of alkyl halides is 3. The molecule has 2 aromatic carbocycles. The smallest absolute Gasteiger partial charge is 0.416 e. The normalized spacial score (nSPS) is 20.1. The molecule has 4 rings (SSSR count). The molecular weight excluding hydrogens is 471 g/mol. The first-order valence-electron chi connectivity index (χ1n) is 12.2. The first-order valence-corrected chi connectivity index (χ1v) is 12.2. The first-order chi connectivity index (χ1) is 17.2. The summed E-state index contributed by atoms with van der Waals surface area (Å²) in [5.74, 6) is 0.515. The number of nitrogens with one attached hydrogen (secondary N) is 1. The Morgan fingerprint density at radius 3 is 2.64 bits per heavy atom. The largest absolute Gasteiger partial charge is 0.491 e. The number of aromatic amines is 1. The van der Waals surface area contributed by atoms with E-state index in [1.165, 1.54) is 12.1 Å². The fourth-order valence-electron chi connectivity index (χ4n) is 4.37. The van der Waals surface area contributed by atoms with Gasteiger partial charge >= 0.3 is 6.18 Å². The molecular formula is C27H32F3N3O3. The second-order valence-corrected chi connectivity index (χ2v) is 9.27. The number of anilines is 1. The van der Waals surface area contributed by atoms with Gasteiger partial charge in [-0.05, 0) is 61.2 Å². The van der Waals surface area contributed by atoms with Gasteiger partial charge in [0.2, 0.25) is 0 Å². The number of nitrogen functional groups attached to an aromatic ring is 1. The van der Waals surface area contributed by atoms with Gasteiger partial charge in [0.15, 0.2) is 5.79 Å². The van der Waals surface area contributed by atoms with Gasteiger partial charge in [0, 0.05) is 24.0 Å². The number of aryl methyl sites for hydroxylation is 3. The number of rotatable bonds is 10. The lowest BCUT2D eigenvalue weighted by Gasteiger charge is -2.28. The average molecular weight is 504 g/mol. The fraction of sp³-hybridized carbons (Fsp3) is 0.444. The Morgan fingerprint density at radius 2 is 1.94 bits per heavy atom. The molecule has 6 nitrogen and oxygen atoms in total. The van der Waals surface area contributed by atoms with Crippen molar-refractivity contribution in [2.24, 2.45) is 0 Å². The van der Waals surface area contributed by atoms with Gasteiger partial charge in [0.1, 0.15) is 24.3 Å². The number of nitrogens with zero attached hydrogens (tertiary/aromatic N) is 1. The van der Waals surface area contributed by atoms with Crippen molar-refractivity contribution in [3.63, 3.8) is 0 Å². The van der Waals surface area contributed by atoms with Crippen molar-refractivity contribution in [1.29, 1.82) is 0 Å². The zero-order valence-electron chi connectivity index (χ0n) is 20.5. The van der Waals surface area contributed by atoms with Gasteiger partial charge in [-0.1, -0.05) is 25.5 Å². The Bertz CT molecular complexity index is 1150. The van der Waals surface area contributed by atoms with Gasteiger partial charge in [-0.15, -0.1) is 0 Å². The molecule has 0 saturated carbocycles. The van der Waals surface area contributed by atoms with Crippen LogP contribution in [0.15, 0.2) is 48.7 Å². The number of benzene rings is 2. The van der Waals surface area contributed by atoms with Crippen LogP contribution in [0.4, 0.5) is 18.9 Å². The van der Waals surface area contributed by atoms with Crippen molar-refractivity contribution in [2.75, 3.05) is 18.9 Å². The third-order valence-electron chi connectivity index (χ3n) is 6.25. The molecule has 3 N–H and O–H groups in total. The van der Waals surface area contributed by atoms with E-state index in [0.29, 0.717) is 38.2 Å². The number of ether oxygens (including phenoxy) is 3. The minimum atomic E-state index is -4.36. The monoisotopic (exact) mass is 503 g/mol. The molecule has 2 unspecified atom stereocenters. The van der Waals surface area contributed by atoms with Crippen LogP contribution in [0.1, 0.15) is 48.0 Å². The van der Waals surface area contributed by atoms with Crippen LogP contribution >= 0.6 is 0 Å². The van der Waals surface area contributed by atoms with E-state index in [4.69, 9.17) is 19.9 Å². The van der Waals surface area contributed by atoms with Crippen molar-refractivity contribution in [3.05, 3.63) is 76.9 Å². The van der Waals surface area contributed by atoms with E-state index in [1.807, 2.05) is 25.3 Å². The van der Waals surface area contributed by atoms with Crippen molar-refractivity contribution in [1.82, 2.24) is 9.97 Å². The first kappa shape index (κ1) is 26.0. The second kappa shape index (κ2) is 10.9. The standard InChI is InChI=1S/C27H32F3N3O3/c1-3-4-22-15-32-25(33-22)14-26(12-11-19-5-7-20(8-6-19)27(28,29)30)35-17-23(36-26)16-34-24-10-9-21(31)13-18(24)2/h5-10,13,15,23H,3-4,11-12,14,16-17,31H2,1-2H3,(H,32,33). The fourth-order valence-corrected chi connectivity index (χ4v) is 4.37. The van der Waals surface area contributed by atoms with Crippen LogP contribution in [0.3, 0.4) is 0 Å². The summed E-state index contributed by atoms with van der Waals surface area (Å²) in [6, 6.07) is 10.7. The molecule has 36 heavy (non-hydrogen) atoms. The Kier molecular flexibility index (Phi) is 7.90. The van der Waals surface area contributed by atoms with Gasteiger partial charge in [-0.3, -0.25) is 0 Å². The summed E-state index contributed by atoms with van der Waals surface area (Å²) in [4.78, 5) is 7.83. The molecule has 0 aliphatic carbocycles. The lowest BCUT2D eigenvalue weighted by Crippen LogP contribution is -2.36. The molecule has 1 fully saturated rings. The summed E-state index contributed by atoms with van der Waals surface area (Å²) in [7, 11) is 0. The summed E-state index contributed by atoms with van der Waals surface area (Å²) in [5, 5.41) is 0. The van der Waals surface area contributed by atoms with E-state index in [0.717, 1.165) is 53.4 Å². The molecule has 0 bridgehead atoms. The zero-order chi connectivity index (χ0) is 25.8. The number of hydrogen-bond donors (Lipinski definition) is 2. The Labute approximate surface area is 209 Å². The van der Waals surface area contributed by atoms with E-state index >= 15 is 0 Å². The highest BCUT2D eigenvalue weighted by Crippen LogP contribution is 2.34. The molecule has 194 valence electrons. The van der Waals surface area contributed by atoms with E-state index in [2.05, 4.69) is 16.9 Å². The average Bonchev–Trinajstić information content (AvgIpc) is 3.44. The van der Waals surface area contributed by atoms with Crippen molar-refractivity contribution in [3.8, 4) is 5.75 Å². The third kappa shape index (κ3) is 6.59. The van der Waals surface area contributed by atoms with Gasteiger partial charge in [-0.2, -0.15) is 13.2 Å². The van der Waals surface area contributed by atoms with Crippen LogP contribution in [0, 0.1) is 6.92 Å². The van der Waals surface area contributed by atoms with E-state index in [-0.39, 0.29) is 6.10 Å². The highest BCUT2D eigenvalue weighted by Gasteiger charge is 2.42. The Morgan fingerprint density at radius 1 is 1.17 bits per heavy atom. The topological polar surface area (TPSA) is 82.4 Å². The Hall–Kier alpha value is -3.04. The van der Waals surface area contributed by atoms with Crippen LogP contribution in [0.2, 0.25) is 0 Å². The predicted molar refractivity (Wildman–Crippen MR) is 131 cm³/mol. The number of imidazole rings is 1. The van der Waals surface area contributed by atoms with Gasteiger partial charge < -0.3 is 24.9 Å². The molecule has 1 aliphatic rings. The molecule has 1 aliphatic heterocycles. The molecule has 2 atom stereocenters. The van der Waals surface area contributed by atoms with Crippen molar-refractivity contribution in [2.45, 2.75) is 64.0 Å². The van der Waals surface area contributed by atoms with Crippen molar-refractivity contribution >= 4 is 5.69 Å². The molecule has 9 heteroatoms. The molecule has 2 heterocycles. The van der Waals surface area contributed by atoms with E-state index < -0.39 is 17.5 Å². The molecule has 1 aromatic heterocycles. The quantitative estimate of drug-likeness (QED) is 0.350. The highest BCUT2D eigenvalue weighted by molar-refractivity contribution is 5.47. The SMILES string of the molecule is CCCc1cnc(CC2(CCc3ccc(C(F)(F)F)cc3)OCC(COc3ccc(N)cc3C)O2)[nH]1. The summed E-state index contributed by atoms with van der Waals surface area (Å²) < 4.78 is 57.3. The van der Waals surface area contributed by atoms with Crippen LogP contribution in [0.5, 0.6) is 5.75 Å². The Balaban J connectivity index is 1.45. The predicted octanol–water partition coefficient (Wildman–Crippen LogP) is 5.64. The lowest BCUT2D eigenvalue weighted by atomic mass is 10.0. The number of aromatic nitrogens is 2. The zero-order valence-corrected chi connectivity index (χ0v) is 20.5.